The van der Waals surface area contributed by atoms with Gasteiger partial charge in [0.05, 0.1) is 0 Å². The van der Waals surface area contributed by atoms with Gasteiger partial charge >= 0.3 is 0 Å². The van der Waals surface area contributed by atoms with Crippen LogP contribution in [0.3, 0.4) is 0 Å². The lowest BCUT2D eigenvalue weighted by Gasteiger charge is -2.33. The Morgan fingerprint density at radius 1 is 1.26 bits per heavy atom. The van der Waals surface area contributed by atoms with E-state index in [4.69, 9.17) is 10.7 Å². The second-order valence-corrected chi connectivity index (χ2v) is 8.76. The fourth-order valence-corrected chi connectivity index (χ4v) is 4.39. The first-order valence-electron chi connectivity index (χ1n) is 11.7. The molecule has 0 unspecified atom stereocenters. The highest BCUT2D eigenvalue weighted by atomic mass is 16.1. The van der Waals surface area contributed by atoms with Crippen LogP contribution in [0.2, 0.25) is 0 Å². The average Bonchev–Trinajstić information content (AvgIpc) is 2.83. The van der Waals surface area contributed by atoms with Crippen LogP contribution in [0.1, 0.15) is 62.5 Å². The fraction of sp³-hybridized carbons (Fsp3) is 0.407. The number of hydrogen-bond donors (Lipinski definition) is 1. The number of aryl methyl sites for hydroxylation is 1. The molecule has 0 atom stereocenters. The first-order valence-corrected chi connectivity index (χ1v) is 11.7. The molecular formula is C27H36N6O. The van der Waals surface area contributed by atoms with E-state index in [2.05, 4.69) is 40.9 Å². The molecule has 0 fully saturated rings. The maximum atomic E-state index is 12.4. The molecule has 0 saturated carbocycles. The number of nitrogens with zero attached hydrogens (tertiary/aromatic N) is 5. The minimum Gasteiger partial charge on any atom is -0.404 e. The van der Waals surface area contributed by atoms with Gasteiger partial charge in [-0.2, -0.15) is 0 Å². The standard InChI is InChI=1S/C27H36N6O/c1-8-9-25(18(3)19(4)27-31-17(2)12-26(34)32(27)7)33-11-10-24-22(16-33)13-21(15-30-24)23(14-28)20(5)29-6/h9,12-15H,8,10-11,16,28H2,1-7H3/b19-18-,23-14+,25-9-,29-20?. The predicted octanol–water partition coefficient (Wildman–Crippen LogP) is 4.02. The average molecular weight is 461 g/mol. The van der Waals surface area contributed by atoms with E-state index in [-0.39, 0.29) is 5.56 Å². The number of fused-ring (bicyclic) bond motifs is 1. The summed E-state index contributed by atoms with van der Waals surface area (Å²) in [6.07, 6.45) is 7.53. The molecule has 0 aliphatic carbocycles. The number of allylic oxidation sites excluding steroid dienone is 4. The predicted molar refractivity (Wildman–Crippen MR) is 140 cm³/mol. The summed E-state index contributed by atoms with van der Waals surface area (Å²) in [7, 11) is 3.54. The third kappa shape index (κ3) is 5.03. The maximum absolute atomic E-state index is 12.4. The SMILES string of the molecule is CC/C=C(/C(C)=C(/C)c1nc(C)cc(=O)n1C)N1CCc2ncc(/C(=C/N)C(C)=NC)cc2C1. The molecule has 3 heterocycles. The van der Waals surface area contributed by atoms with Crippen molar-refractivity contribution in [2.75, 3.05) is 13.6 Å². The molecule has 7 nitrogen and oxygen atoms in total. The summed E-state index contributed by atoms with van der Waals surface area (Å²) < 4.78 is 1.62. The minimum absolute atomic E-state index is 0.0455. The van der Waals surface area contributed by atoms with E-state index in [0.29, 0.717) is 5.82 Å². The molecule has 0 radical (unpaired) electrons. The number of nitrogens with two attached hydrogens (primary N) is 1. The summed E-state index contributed by atoms with van der Waals surface area (Å²) >= 11 is 0. The van der Waals surface area contributed by atoms with Crippen LogP contribution in [0.5, 0.6) is 0 Å². The van der Waals surface area contributed by atoms with Gasteiger partial charge in [-0.05, 0) is 56.9 Å². The van der Waals surface area contributed by atoms with Gasteiger partial charge < -0.3 is 10.6 Å². The van der Waals surface area contributed by atoms with Crippen molar-refractivity contribution in [3.05, 3.63) is 80.6 Å². The second-order valence-electron chi connectivity index (χ2n) is 8.76. The molecule has 7 heteroatoms. The normalized spacial score (nSPS) is 15.9. The Hall–Kier alpha value is -3.48. The van der Waals surface area contributed by atoms with Gasteiger partial charge in [0.25, 0.3) is 5.56 Å². The number of pyridine rings is 1. The van der Waals surface area contributed by atoms with Crippen molar-refractivity contribution in [3.8, 4) is 0 Å². The number of rotatable bonds is 6. The molecule has 0 bridgehead atoms. The summed E-state index contributed by atoms with van der Waals surface area (Å²) in [6, 6.07) is 3.75. The van der Waals surface area contributed by atoms with Crippen LogP contribution in [0, 0.1) is 6.92 Å². The molecule has 34 heavy (non-hydrogen) atoms. The van der Waals surface area contributed by atoms with Crippen molar-refractivity contribution in [3.63, 3.8) is 0 Å². The van der Waals surface area contributed by atoms with E-state index in [1.807, 2.05) is 27.0 Å². The molecule has 0 amide bonds. The van der Waals surface area contributed by atoms with Gasteiger partial charge in [0.2, 0.25) is 0 Å². The first kappa shape index (κ1) is 25.1. The maximum Gasteiger partial charge on any atom is 0.253 e. The topological polar surface area (TPSA) is 89.4 Å². The Balaban J connectivity index is 2.01. The van der Waals surface area contributed by atoms with Crippen LogP contribution in [-0.4, -0.2) is 38.7 Å². The molecule has 0 aromatic carbocycles. The highest BCUT2D eigenvalue weighted by Crippen LogP contribution is 2.30. The smallest absolute Gasteiger partial charge is 0.253 e. The first-order chi connectivity index (χ1) is 16.2. The molecule has 1 aliphatic heterocycles. The van der Waals surface area contributed by atoms with Gasteiger partial charge in [0, 0.05) is 86.0 Å². The summed E-state index contributed by atoms with van der Waals surface area (Å²) in [5.41, 5.74) is 15.0. The van der Waals surface area contributed by atoms with Crippen molar-refractivity contribution in [2.24, 2.45) is 17.8 Å². The van der Waals surface area contributed by atoms with Crippen molar-refractivity contribution >= 4 is 16.9 Å². The van der Waals surface area contributed by atoms with Crippen LogP contribution in [-0.2, 0) is 20.0 Å². The van der Waals surface area contributed by atoms with Crippen LogP contribution in [0.25, 0.3) is 11.1 Å². The second kappa shape index (κ2) is 10.6. The monoisotopic (exact) mass is 460 g/mol. The fourth-order valence-electron chi connectivity index (χ4n) is 4.39. The lowest BCUT2D eigenvalue weighted by molar-refractivity contribution is 0.324. The van der Waals surface area contributed by atoms with E-state index in [0.717, 1.165) is 65.3 Å². The third-order valence-electron chi connectivity index (χ3n) is 6.53. The summed E-state index contributed by atoms with van der Waals surface area (Å²) in [5, 5.41) is 0. The van der Waals surface area contributed by atoms with E-state index in [1.165, 1.54) is 11.3 Å². The van der Waals surface area contributed by atoms with Crippen LogP contribution in [0.4, 0.5) is 0 Å². The Bertz CT molecular complexity index is 1260. The Kier molecular flexibility index (Phi) is 7.87. The molecule has 0 saturated heterocycles. The van der Waals surface area contributed by atoms with Gasteiger partial charge in [-0.1, -0.05) is 13.0 Å². The quantitative estimate of drug-likeness (QED) is 0.519. The van der Waals surface area contributed by atoms with Crippen LogP contribution in [0.15, 0.2) is 51.7 Å². The van der Waals surface area contributed by atoms with E-state index >= 15 is 0 Å². The largest absolute Gasteiger partial charge is 0.404 e. The Morgan fingerprint density at radius 2 is 2.00 bits per heavy atom. The number of aliphatic imine (C=N–C) groups is 1. The third-order valence-corrected chi connectivity index (χ3v) is 6.53. The lowest BCUT2D eigenvalue weighted by atomic mass is 9.97. The van der Waals surface area contributed by atoms with E-state index in [1.54, 1.807) is 30.9 Å². The van der Waals surface area contributed by atoms with Gasteiger partial charge in [-0.3, -0.25) is 19.3 Å². The Labute approximate surface area is 202 Å². The molecule has 1 aliphatic rings. The van der Waals surface area contributed by atoms with Crippen LogP contribution < -0.4 is 11.3 Å². The number of aromatic nitrogens is 3. The van der Waals surface area contributed by atoms with Crippen molar-refractivity contribution in [2.45, 2.75) is 54.0 Å². The highest BCUT2D eigenvalue weighted by molar-refractivity contribution is 6.22. The molecule has 2 N–H and O–H groups in total. The zero-order valence-electron chi connectivity index (χ0n) is 21.4. The van der Waals surface area contributed by atoms with Gasteiger partial charge in [-0.15, -0.1) is 0 Å². The summed E-state index contributed by atoms with van der Waals surface area (Å²) in [5.74, 6) is 0.706. The van der Waals surface area contributed by atoms with Gasteiger partial charge in [0.1, 0.15) is 5.82 Å². The van der Waals surface area contributed by atoms with Crippen LogP contribution >= 0.6 is 0 Å². The Morgan fingerprint density at radius 3 is 2.65 bits per heavy atom. The molecule has 3 rings (SSSR count). The summed E-state index contributed by atoms with van der Waals surface area (Å²) in [6.45, 7) is 11.8. The van der Waals surface area contributed by atoms with Crippen molar-refractivity contribution in [1.82, 2.24) is 19.4 Å². The van der Waals surface area contributed by atoms with E-state index in [9.17, 15) is 4.79 Å². The molecular weight excluding hydrogens is 424 g/mol. The lowest BCUT2D eigenvalue weighted by Crippen LogP contribution is -2.31. The van der Waals surface area contributed by atoms with Gasteiger partial charge in [0.15, 0.2) is 0 Å². The molecule has 2 aromatic heterocycles. The summed E-state index contributed by atoms with van der Waals surface area (Å²) in [4.78, 5) is 28.4. The molecule has 180 valence electrons. The number of hydrogen-bond acceptors (Lipinski definition) is 6. The van der Waals surface area contributed by atoms with E-state index < -0.39 is 0 Å². The zero-order valence-corrected chi connectivity index (χ0v) is 21.4. The van der Waals surface area contributed by atoms with Crippen molar-refractivity contribution in [1.29, 1.82) is 0 Å². The highest BCUT2D eigenvalue weighted by Gasteiger charge is 2.22. The zero-order chi connectivity index (χ0) is 25.0. The minimum atomic E-state index is -0.0455. The molecule has 0 spiro atoms. The van der Waals surface area contributed by atoms with Gasteiger partial charge in [-0.25, -0.2) is 4.98 Å². The molecule has 2 aromatic rings. The van der Waals surface area contributed by atoms with Crippen molar-refractivity contribution < 1.29 is 0 Å².